The standard InChI is InChI=1S/C20H15N3O/c1-14-11-12-15(13-21-14)22-19-17-9-5-6-10-18(17)23(20(19)24)16-7-3-2-4-8-16/h2-13H,1H3/b22-19-. The highest BCUT2D eigenvalue weighted by molar-refractivity contribution is 6.56. The molecule has 1 amide bonds. The van der Waals surface area contributed by atoms with E-state index in [9.17, 15) is 4.79 Å². The van der Waals surface area contributed by atoms with Gasteiger partial charge in [-0.05, 0) is 37.3 Å². The number of nitrogens with zero attached hydrogens (tertiary/aromatic N) is 3. The number of aromatic nitrogens is 1. The second-order valence-electron chi connectivity index (χ2n) is 5.61. The van der Waals surface area contributed by atoms with Crippen molar-refractivity contribution in [3.63, 3.8) is 0 Å². The first-order valence-corrected chi connectivity index (χ1v) is 7.74. The van der Waals surface area contributed by atoms with Crippen molar-refractivity contribution >= 4 is 28.7 Å². The number of amides is 1. The zero-order valence-electron chi connectivity index (χ0n) is 13.2. The summed E-state index contributed by atoms with van der Waals surface area (Å²) in [5.41, 5.74) is 4.57. The molecule has 3 aromatic rings. The van der Waals surface area contributed by atoms with Crippen molar-refractivity contribution in [3.8, 4) is 0 Å². The molecule has 24 heavy (non-hydrogen) atoms. The molecule has 116 valence electrons. The Morgan fingerprint density at radius 2 is 1.67 bits per heavy atom. The number of carbonyl (C=O) groups is 1. The highest BCUT2D eigenvalue weighted by atomic mass is 16.2. The lowest BCUT2D eigenvalue weighted by molar-refractivity contribution is -0.111. The van der Waals surface area contributed by atoms with Crippen LogP contribution in [0.2, 0.25) is 0 Å². The molecule has 2 heterocycles. The van der Waals surface area contributed by atoms with Crippen LogP contribution in [0, 0.1) is 6.92 Å². The lowest BCUT2D eigenvalue weighted by atomic mass is 10.1. The normalized spacial score (nSPS) is 15.0. The maximum Gasteiger partial charge on any atom is 0.282 e. The van der Waals surface area contributed by atoms with Crippen molar-refractivity contribution in [2.24, 2.45) is 4.99 Å². The molecule has 0 bridgehead atoms. The molecule has 4 nitrogen and oxygen atoms in total. The number of para-hydroxylation sites is 2. The first kappa shape index (κ1) is 14.3. The number of carbonyl (C=O) groups excluding carboxylic acids is 1. The first-order chi connectivity index (χ1) is 11.7. The number of anilines is 2. The van der Waals surface area contributed by atoms with E-state index in [0.29, 0.717) is 11.4 Å². The molecule has 4 heteroatoms. The van der Waals surface area contributed by atoms with Gasteiger partial charge in [-0.2, -0.15) is 0 Å². The van der Waals surface area contributed by atoms with Crippen LogP contribution in [0.4, 0.5) is 17.1 Å². The maximum absolute atomic E-state index is 13.0. The zero-order valence-corrected chi connectivity index (χ0v) is 13.2. The smallest absolute Gasteiger partial charge is 0.275 e. The molecule has 2 aromatic carbocycles. The fourth-order valence-corrected chi connectivity index (χ4v) is 2.80. The van der Waals surface area contributed by atoms with Crippen LogP contribution in [0.1, 0.15) is 11.3 Å². The van der Waals surface area contributed by atoms with Gasteiger partial charge in [0.15, 0.2) is 0 Å². The van der Waals surface area contributed by atoms with E-state index in [4.69, 9.17) is 0 Å². The number of hydrogen-bond donors (Lipinski definition) is 0. The molecule has 1 aromatic heterocycles. The summed E-state index contributed by atoms with van der Waals surface area (Å²) in [4.78, 5) is 23.5. The fourth-order valence-electron chi connectivity index (χ4n) is 2.80. The monoisotopic (exact) mass is 313 g/mol. The molecule has 0 spiro atoms. The summed E-state index contributed by atoms with van der Waals surface area (Å²) in [6.45, 7) is 1.92. The summed E-state index contributed by atoms with van der Waals surface area (Å²) in [6.07, 6.45) is 1.68. The van der Waals surface area contributed by atoms with Gasteiger partial charge in [-0.3, -0.25) is 14.7 Å². The van der Waals surface area contributed by atoms with Gasteiger partial charge >= 0.3 is 0 Å². The van der Waals surface area contributed by atoms with Gasteiger partial charge in [-0.1, -0.05) is 36.4 Å². The Hall–Kier alpha value is -3.27. The number of rotatable bonds is 2. The van der Waals surface area contributed by atoms with Crippen molar-refractivity contribution < 1.29 is 4.79 Å². The maximum atomic E-state index is 13.0. The van der Waals surface area contributed by atoms with Crippen LogP contribution in [-0.4, -0.2) is 16.6 Å². The Morgan fingerprint density at radius 3 is 2.42 bits per heavy atom. The molecule has 0 saturated heterocycles. The topological polar surface area (TPSA) is 45.6 Å². The molecular formula is C20H15N3O. The van der Waals surface area contributed by atoms with E-state index in [-0.39, 0.29) is 5.91 Å². The lowest BCUT2D eigenvalue weighted by Gasteiger charge is -2.16. The van der Waals surface area contributed by atoms with Gasteiger partial charge in [-0.15, -0.1) is 0 Å². The quantitative estimate of drug-likeness (QED) is 0.712. The van der Waals surface area contributed by atoms with Crippen LogP contribution < -0.4 is 4.90 Å². The van der Waals surface area contributed by atoms with Gasteiger partial charge in [0.1, 0.15) is 5.71 Å². The molecular weight excluding hydrogens is 298 g/mol. The zero-order chi connectivity index (χ0) is 16.5. The fraction of sp³-hybridized carbons (Fsp3) is 0.0500. The number of hydrogen-bond acceptors (Lipinski definition) is 3. The second kappa shape index (κ2) is 5.74. The van der Waals surface area contributed by atoms with Crippen LogP contribution in [0.25, 0.3) is 0 Å². The predicted octanol–water partition coefficient (Wildman–Crippen LogP) is 4.19. The first-order valence-electron chi connectivity index (χ1n) is 7.74. The summed E-state index contributed by atoms with van der Waals surface area (Å²) in [5, 5.41) is 0. The molecule has 0 radical (unpaired) electrons. The Bertz CT molecular complexity index is 931. The molecule has 0 atom stereocenters. The Labute approximate surface area is 140 Å². The summed E-state index contributed by atoms with van der Waals surface area (Å²) in [5.74, 6) is -0.122. The highest BCUT2D eigenvalue weighted by Crippen LogP contribution is 2.36. The largest absolute Gasteiger partial charge is 0.282 e. The Kier molecular flexibility index (Phi) is 3.43. The highest BCUT2D eigenvalue weighted by Gasteiger charge is 2.34. The number of pyridine rings is 1. The molecule has 0 saturated carbocycles. The number of fused-ring (bicyclic) bond motifs is 1. The van der Waals surface area contributed by atoms with Crippen LogP contribution in [-0.2, 0) is 4.79 Å². The number of benzene rings is 2. The summed E-state index contributed by atoms with van der Waals surface area (Å²) < 4.78 is 0. The van der Waals surface area contributed by atoms with E-state index in [0.717, 1.165) is 22.6 Å². The van der Waals surface area contributed by atoms with Crippen LogP contribution >= 0.6 is 0 Å². The number of aliphatic imine (C=N–C) groups is 1. The molecule has 0 unspecified atom stereocenters. The molecule has 1 aliphatic heterocycles. The average molecular weight is 313 g/mol. The van der Waals surface area contributed by atoms with E-state index >= 15 is 0 Å². The minimum absolute atomic E-state index is 0.122. The SMILES string of the molecule is Cc1ccc(/N=C2\C(=O)N(c3ccccc3)c3ccccc32)cn1. The van der Waals surface area contributed by atoms with E-state index < -0.39 is 0 Å². The third-order valence-electron chi connectivity index (χ3n) is 3.96. The average Bonchev–Trinajstić information content (AvgIpc) is 2.90. The van der Waals surface area contributed by atoms with Crippen molar-refractivity contribution in [1.82, 2.24) is 4.98 Å². The van der Waals surface area contributed by atoms with E-state index in [1.165, 1.54) is 0 Å². The molecule has 0 fully saturated rings. The molecule has 0 N–H and O–H groups in total. The minimum Gasteiger partial charge on any atom is -0.275 e. The summed E-state index contributed by atoms with van der Waals surface area (Å²) in [7, 11) is 0. The minimum atomic E-state index is -0.122. The van der Waals surface area contributed by atoms with Crippen molar-refractivity contribution in [2.45, 2.75) is 6.92 Å². The van der Waals surface area contributed by atoms with Crippen molar-refractivity contribution in [1.29, 1.82) is 0 Å². The summed E-state index contributed by atoms with van der Waals surface area (Å²) in [6, 6.07) is 21.1. The number of aryl methyl sites for hydroxylation is 1. The van der Waals surface area contributed by atoms with Crippen molar-refractivity contribution in [2.75, 3.05) is 4.90 Å². The van der Waals surface area contributed by atoms with Crippen LogP contribution in [0.5, 0.6) is 0 Å². The third-order valence-corrected chi connectivity index (χ3v) is 3.96. The second-order valence-corrected chi connectivity index (χ2v) is 5.61. The van der Waals surface area contributed by atoms with Crippen molar-refractivity contribution in [3.05, 3.63) is 84.2 Å². The van der Waals surface area contributed by atoms with Gasteiger partial charge in [0.25, 0.3) is 5.91 Å². The summed E-state index contributed by atoms with van der Waals surface area (Å²) >= 11 is 0. The molecule has 4 rings (SSSR count). The predicted molar refractivity (Wildman–Crippen MR) is 95.2 cm³/mol. The van der Waals surface area contributed by atoms with Gasteiger partial charge in [0.2, 0.25) is 0 Å². The van der Waals surface area contributed by atoms with Crippen LogP contribution in [0.15, 0.2) is 77.9 Å². The van der Waals surface area contributed by atoms with E-state index in [1.54, 1.807) is 11.1 Å². The van der Waals surface area contributed by atoms with Crippen LogP contribution in [0.3, 0.4) is 0 Å². The molecule has 0 aliphatic carbocycles. The van der Waals surface area contributed by atoms with Gasteiger partial charge in [0, 0.05) is 16.9 Å². The Balaban J connectivity index is 1.85. The van der Waals surface area contributed by atoms with E-state index in [2.05, 4.69) is 9.98 Å². The Morgan fingerprint density at radius 1 is 0.917 bits per heavy atom. The van der Waals surface area contributed by atoms with Gasteiger partial charge in [0.05, 0.1) is 17.6 Å². The van der Waals surface area contributed by atoms with Gasteiger partial charge < -0.3 is 0 Å². The lowest BCUT2D eigenvalue weighted by Crippen LogP contribution is -2.25. The molecule has 1 aliphatic rings. The third kappa shape index (κ3) is 2.38. The van der Waals surface area contributed by atoms with Gasteiger partial charge in [-0.25, -0.2) is 4.99 Å². The van der Waals surface area contributed by atoms with E-state index in [1.807, 2.05) is 73.7 Å².